The van der Waals surface area contributed by atoms with E-state index in [4.69, 9.17) is 4.74 Å². The molecule has 1 aliphatic carbocycles. The van der Waals surface area contributed by atoms with Crippen molar-refractivity contribution in [1.82, 2.24) is 9.62 Å². The lowest BCUT2D eigenvalue weighted by atomic mass is 9.60. The summed E-state index contributed by atoms with van der Waals surface area (Å²) in [6, 6.07) is 7.06. The fraction of sp³-hybridized carbons (Fsp3) is 0.667. The molecule has 5 atom stereocenters. The van der Waals surface area contributed by atoms with Crippen LogP contribution >= 0.6 is 0 Å². The normalized spacial score (nSPS) is 40.1. The van der Waals surface area contributed by atoms with Crippen molar-refractivity contribution in [1.29, 1.82) is 0 Å². The van der Waals surface area contributed by atoms with E-state index < -0.39 is 21.2 Å². The van der Waals surface area contributed by atoms with Gasteiger partial charge >= 0.3 is 0 Å². The first kappa shape index (κ1) is 18.7. The van der Waals surface area contributed by atoms with E-state index in [1.54, 1.807) is 16.4 Å². The number of fused-ring (bicyclic) bond motifs is 2. The highest BCUT2D eigenvalue weighted by Crippen LogP contribution is 2.62. The summed E-state index contributed by atoms with van der Waals surface area (Å²) in [5.41, 5.74) is -0.158. The topological polar surface area (TPSA) is 75.7 Å². The van der Waals surface area contributed by atoms with Crippen LogP contribution in [0, 0.1) is 24.7 Å². The van der Waals surface area contributed by atoms with E-state index in [1.165, 1.54) is 0 Å². The molecular weight excluding hydrogens is 376 g/mol. The van der Waals surface area contributed by atoms with Gasteiger partial charge in [-0.15, -0.1) is 0 Å². The van der Waals surface area contributed by atoms with Crippen LogP contribution in [-0.2, 0) is 19.6 Å². The van der Waals surface area contributed by atoms with Gasteiger partial charge in [0.2, 0.25) is 10.0 Å². The first-order chi connectivity index (χ1) is 13.2. The Hall–Kier alpha value is -1.28. The highest BCUT2D eigenvalue weighted by molar-refractivity contribution is 7.89. The van der Waals surface area contributed by atoms with Crippen molar-refractivity contribution in [3.63, 3.8) is 0 Å². The number of nitrogens with zero attached hydrogens (tertiary/aromatic N) is 1. The zero-order valence-corrected chi connectivity index (χ0v) is 17.5. The van der Waals surface area contributed by atoms with Crippen LogP contribution in [0.2, 0.25) is 0 Å². The Morgan fingerprint density at radius 3 is 2.64 bits per heavy atom. The van der Waals surface area contributed by atoms with Crippen molar-refractivity contribution in [2.75, 3.05) is 19.6 Å². The summed E-state index contributed by atoms with van der Waals surface area (Å²) < 4.78 is 35.8. The van der Waals surface area contributed by atoms with Crippen LogP contribution in [0.1, 0.15) is 32.3 Å². The van der Waals surface area contributed by atoms with Crippen molar-refractivity contribution in [2.24, 2.45) is 17.8 Å². The standard InChI is InChI=1S/C21H28N2O4S/c1-13(2)21-9-8-16(24)18-17-10-22-11-20(27-17,19(18)21)12-23(21)28(25,26)15-6-4-14(3)5-7-15/h4-7,13,17-19,22H,8-12H2,1-3H3/t17-,18-,19-,20-,21+/m1/s1. The number of Topliss-reactive ketones (excluding diaryl/α,β-unsaturated/α-hetero) is 1. The summed E-state index contributed by atoms with van der Waals surface area (Å²) in [7, 11) is -3.70. The van der Waals surface area contributed by atoms with E-state index in [2.05, 4.69) is 19.2 Å². The van der Waals surface area contributed by atoms with E-state index in [9.17, 15) is 13.2 Å². The average molecular weight is 405 g/mol. The summed E-state index contributed by atoms with van der Waals surface area (Å²) in [5.74, 6) is 0.0490. The lowest BCUT2D eigenvalue weighted by Crippen LogP contribution is -2.60. The second-order valence-electron chi connectivity index (χ2n) is 9.29. The second kappa shape index (κ2) is 5.88. The molecule has 7 heteroatoms. The molecule has 3 saturated heterocycles. The smallest absolute Gasteiger partial charge is 0.243 e. The molecule has 0 radical (unpaired) electrons. The van der Waals surface area contributed by atoms with Gasteiger partial charge in [0.25, 0.3) is 0 Å². The van der Waals surface area contributed by atoms with Gasteiger partial charge in [-0.25, -0.2) is 8.42 Å². The molecule has 28 heavy (non-hydrogen) atoms. The van der Waals surface area contributed by atoms with Gasteiger partial charge < -0.3 is 10.1 Å². The third-order valence-corrected chi connectivity index (χ3v) is 9.57. The fourth-order valence-corrected chi connectivity index (χ4v) is 8.47. The molecule has 4 fully saturated rings. The lowest BCUT2D eigenvalue weighted by Gasteiger charge is -2.49. The molecule has 1 N–H and O–H groups in total. The van der Waals surface area contributed by atoms with Crippen LogP contribution in [0.4, 0.5) is 0 Å². The van der Waals surface area contributed by atoms with E-state index in [1.807, 2.05) is 19.1 Å². The quantitative estimate of drug-likeness (QED) is 0.830. The Kier molecular flexibility index (Phi) is 3.93. The molecule has 2 bridgehead atoms. The molecule has 0 unspecified atom stereocenters. The summed E-state index contributed by atoms with van der Waals surface area (Å²) in [6.07, 6.45) is 0.872. The molecule has 0 amide bonds. The number of sulfonamides is 1. The summed E-state index contributed by atoms with van der Waals surface area (Å²) in [5, 5.41) is 3.42. The van der Waals surface area contributed by atoms with Gasteiger partial charge in [-0.2, -0.15) is 4.31 Å². The van der Waals surface area contributed by atoms with Gasteiger partial charge in [0.15, 0.2) is 0 Å². The van der Waals surface area contributed by atoms with Crippen molar-refractivity contribution < 1.29 is 17.9 Å². The summed E-state index contributed by atoms with van der Waals surface area (Å²) >= 11 is 0. The number of benzene rings is 1. The maximum absolute atomic E-state index is 13.8. The molecule has 3 aliphatic heterocycles. The van der Waals surface area contributed by atoms with E-state index in [-0.39, 0.29) is 29.6 Å². The lowest BCUT2D eigenvalue weighted by molar-refractivity contribution is -0.131. The molecule has 1 saturated carbocycles. The molecule has 0 aromatic heterocycles. The molecule has 4 aliphatic rings. The highest BCUT2D eigenvalue weighted by Gasteiger charge is 2.75. The number of hydrogen-bond acceptors (Lipinski definition) is 5. The van der Waals surface area contributed by atoms with Gasteiger partial charge in [-0.05, 0) is 31.4 Å². The van der Waals surface area contributed by atoms with Crippen molar-refractivity contribution in [2.45, 2.75) is 55.8 Å². The van der Waals surface area contributed by atoms with Crippen LogP contribution in [0.15, 0.2) is 29.2 Å². The monoisotopic (exact) mass is 404 g/mol. The minimum Gasteiger partial charge on any atom is -0.367 e. The number of ether oxygens (including phenoxy) is 1. The Bertz CT molecular complexity index is 928. The van der Waals surface area contributed by atoms with Gasteiger partial charge in [-0.3, -0.25) is 4.79 Å². The number of aryl methyl sites for hydroxylation is 1. The third-order valence-electron chi connectivity index (χ3n) is 7.65. The maximum Gasteiger partial charge on any atom is 0.243 e. The zero-order valence-electron chi connectivity index (χ0n) is 16.6. The van der Waals surface area contributed by atoms with Crippen molar-refractivity contribution in [3.05, 3.63) is 29.8 Å². The Morgan fingerprint density at radius 2 is 1.96 bits per heavy atom. The van der Waals surface area contributed by atoms with Gasteiger partial charge in [0, 0.05) is 37.5 Å². The molecule has 5 rings (SSSR count). The second-order valence-corrected chi connectivity index (χ2v) is 11.2. The predicted molar refractivity (Wildman–Crippen MR) is 104 cm³/mol. The van der Waals surface area contributed by atoms with Crippen LogP contribution in [-0.4, -0.2) is 55.4 Å². The summed E-state index contributed by atoms with van der Waals surface area (Å²) in [4.78, 5) is 13.2. The third kappa shape index (κ3) is 2.19. The largest absolute Gasteiger partial charge is 0.367 e. The van der Waals surface area contributed by atoms with Gasteiger partial charge in [0.05, 0.1) is 16.9 Å². The van der Waals surface area contributed by atoms with Crippen LogP contribution in [0.5, 0.6) is 0 Å². The van der Waals surface area contributed by atoms with Crippen LogP contribution < -0.4 is 5.32 Å². The molecule has 1 aromatic carbocycles. The SMILES string of the molecule is Cc1ccc(S(=O)(=O)N2C[C@@]34CNC[C@@H](O3)[C@H]3C(=O)CC[C@]2(C(C)C)[C@H]34)cc1. The molecular formula is C21H28N2O4S. The zero-order chi connectivity index (χ0) is 19.9. The van der Waals surface area contributed by atoms with Crippen molar-refractivity contribution >= 4 is 15.8 Å². The number of hydrogen-bond donors (Lipinski definition) is 1. The predicted octanol–water partition coefficient (Wildman–Crippen LogP) is 1.73. The highest BCUT2D eigenvalue weighted by atomic mass is 32.2. The van der Waals surface area contributed by atoms with Gasteiger partial charge in [-0.1, -0.05) is 31.5 Å². The van der Waals surface area contributed by atoms with Gasteiger partial charge in [0.1, 0.15) is 11.4 Å². The molecule has 3 heterocycles. The number of ketones is 1. The summed E-state index contributed by atoms with van der Waals surface area (Å²) in [6.45, 7) is 7.74. The number of morpholine rings is 1. The number of carbonyl (C=O) groups excluding carboxylic acids is 1. The van der Waals surface area contributed by atoms with E-state index >= 15 is 0 Å². The molecule has 1 spiro atoms. The van der Waals surface area contributed by atoms with Crippen molar-refractivity contribution in [3.8, 4) is 0 Å². The number of rotatable bonds is 3. The Labute approximate surface area is 166 Å². The fourth-order valence-electron chi connectivity index (χ4n) is 6.49. The first-order valence-electron chi connectivity index (χ1n) is 10.2. The first-order valence-corrected chi connectivity index (χ1v) is 11.7. The van der Waals surface area contributed by atoms with Crippen LogP contribution in [0.3, 0.4) is 0 Å². The maximum atomic E-state index is 13.8. The molecule has 152 valence electrons. The minimum absolute atomic E-state index is 0.0820. The Morgan fingerprint density at radius 1 is 1.25 bits per heavy atom. The number of nitrogens with one attached hydrogen (secondary N) is 1. The molecule has 6 nitrogen and oxygen atoms in total. The van der Waals surface area contributed by atoms with Crippen LogP contribution in [0.25, 0.3) is 0 Å². The minimum atomic E-state index is -3.70. The van der Waals surface area contributed by atoms with E-state index in [0.717, 1.165) is 5.56 Å². The molecule has 1 aromatic rings. The number of carbonyl (C=O) groups is 1. The van der Waals surface area contributed by atoms with E-state index in [0.29, 0.717) is 37.4 Å². The Balaban J connectivity index is 1.68. The average Bonchev–Trinajstić information content (AvgIpc) is 3.06.